The summed E-state index contributed by atoms with van der Waals surface area (Å²) in [6, 6.07) is 15.1. The van der Waals surface area contributed by atoms with E-state index in [1.165, 1.54) is 19.4 Å². The summed E-state index contributed by atoms with van der Waals surface area (Å²) in [6.45, 7) is 6.05. The summed E-state index contributed by atoms with van der Waals surface area (Å²) < 4.78 is 11.6. The van der Waals surface area contributed by atoms with Crippen molar-refractivity contribution in [3.63, 3.8) is 0 Å². The van der Waals surface area contributed by atoms with Crippen LogP contribution in [0.25, 0.3) is 0 Å². The van der Waals surface area contributed by atoms with Gasteiger partial charge in [-0.05, 0) is 54.6 Å². The minimum Gasteiger partial charge on any atom is -0.483 e. The number of para-hydroxylation sites is 1. The fraction of sp³-hybridized carbons (Fsp3) is 0.391. The van der Waals surface area contributed by atoms with Crippen LogP contribution in [-0.2, 0) is 6.42 Å². The van der Waals surface area contributed by atoms with Crippen LogP contribution in [0.4, 0.5) is 5.69 Å². The lowest BCUT2D eigenvalue weighted by atomic mass is 9.76. The third-order valence-corrected chi connectivity index (χ3v) is 6.04. The van der Waals surface area contributed by atoms with E-state index in [0.717, 1.165) is 49.3 Å². The van der Waals surface area contributed by atoms with Gasteiger partial charge < -0.3 is 14.4 Å². The molecule has 27 heavy (non-hydrogen) atoms. The van der Waals surface area contributed by atoms with Crippen molar-refractivity contribution in [2.45, 2.75) is 18.8 Å². The molecule has 1 fully saturated rings. The highest BCUT2D eigenvalue weighted by molar-refractivity contribution is 5.65. The molecule has 2 aliphatic heterocycles. The molecular formula is C23H26N2O2. The van der Waals surface area contributed by atoms with Gasteiger partial charge >= 0.3 is 0 Å². The van der Waals surface area contributed by atoms with Crippen LogP contribution in [0.5, 0.6) is 11.5 Å². The third-order valence-electron chi connectivity index (χ3n) is 6.04. The Morgan fingerprint density at radius 1 is 0.963 bits per heavy atom. The Hall–Kier alpha value is -2.46. The van der Waals surface area contributed by atoms with E-state index in [1.807, 2.05) is 12.1 Å². The molecule has 1 aliphatic carbocycles. The molecule has 140 valence electrons. The number of fused-ring (bicyclic) bond motifs is 2. The lowest BCUT2D eigenvalue weighted by Crippen LogP contribution is -2.47. The first-order valence-electron chi connectivity index (χ1n) is 10.0. The van der Waals surface area contributed by atoms with Gasteiger partial charge in [0.1, 0.15) is 6.61 Å². The summed E-state index contributed by atoms with van der Waals surface area (Å²) >= 11 is 0. The molecule has 0 amide bonds. The lowest BCUT2D eigenvalue weighted by molar-refractivity contribution is 0.244. The lowest BCUT2D eigenvalue weighted by Gasteiger charge is -2.38. The maximum absolute atomic E-state index is 5.93. The first-order valence-corrected chi connectivity index (χ1v) is 10.0. The SMILES string of the molecule is C1=COc2cccc(N3CCN(CC[C@H]4Cc5ccccc54)CC3)c2OC1. The van der Waals surface area contributed by atoms with E-state index in [9.17, 15) is 0 Å². The fourth-order valence-corrected chi connectivity index (χ4v) is 4.45. The first kappa shape index (κ1) is 16.7. The number of rotatable bonds is 4. The van der Waals surface area contributed by atoms with Crippen molar-refractivity contribution >= 4 is 5.69 Å². The maximum Gasteiger partial charge on any atom is 0.185 e. The van der Waals surface area contributed by atoms with Crippen LogP contribution >= 0.6 is 0 Å². The smallest absolute Gasteiger partial charge is 0.185 e. The second kappa shape index (κ2) is 7.28. The molecule has 0 spiro atoms. The van der Waals surface area contributed by atoms with Gasteiger partial charge in [-0.2, -0.15) is 0 Å². The molecule has 0 saturated carbocycles. The van der Waals surface area contributed by atoms with Crippen LogP contribution in [-0.4, -0.2) is 44.2 Å². The maximum atomic E-state index is 5.93. The monoisotopic (exact) mass is 362 g/mol. The summed E-state index contributed by atoms with van der Waals surface area (Å²) in [7, 11) is 0. The van der Waals surface area contributed by atoms with Gasteiger partial charge in [-0.15, -0.1) is 0 Å². The first-order chi connectivity index (χ1) is 13.4. The summed E-state index contributed by atoms with van der Waals surface area (Å²) in [6.07, 6.45) is 6.16. The summed E-state index contributed by atoms with van der Waals surface area (Å²) in [5.41, 5.74) is 4.28. The van der Waals surface area contributed by atoms with Crippen molar-refractivity contribution in [2.24, 2.45) is 0 Å². The quantitative estimate of drug-likeness (QED) is 0.825. The number of hydrogen-bond donors (Lipinski definition) is 0. The van der Waals surface area contributed by atoms with Crippen molar-refractivity contribution < 1.29 is 9.47 Å². The van der Waals surface area contributed by atoms with Crippen molar-refractivity contribution in [3.8, 4) is 11.5 Å². The number of anilines is 1. The van der Waals surface area contributed by atoms with Gasteiger partial charge in [0.2, 0.25) is 0 Å². The second-order valence-electron chi connectivity index (χ2n) is 7.62. The predicted octanol–water partition coefficient (Wildman–Crippen LogP) is 3.82. The molecule has 5 rings (SSSR count). The molecular weight excluding hydrogens is 336 g/mol. The minimum absolute atomic E-state index is 0.562. The molecule has 3 aliphatic rings. The molecule has 2 aromatic rings. The van der Waals surface area contributed by atoms with Crippen LogP contribution < -0.4 is 14.4 Å². The largest absolute Gasteiger partial charge is 0.483 e. The van der Waals surface area contributed by atoms with Gasteiger partial charge in [-0.25, -0.2) is 0 Å². The molecule has 1 saturated heterocycles. The van der Waals surface area contributed by atoms with Gasteiger partial charge in [0.15, 0.2) is 11.5 Å². The highest BCUT2D eigenvalue weighted by Gasteiger charge is 2.27. The second-order valence-corrected chi connectivity index (χ2v) is 7.62. The van der Waals surface area contributed by atoms with E-state index >= 15 is 0 Å². The van der Waals surface area contributed by atoms with Crippen molar-refractivity contribution in [3.05, 3.63) is 65.9 Å². The number of nitrogens with zero attached hydrogens (tertiary/aromatic N) is 2. The summed E-state index contributed by atoms with van der Waals surface area (Å²) in [5, 5.41) is 0. The Morgan fingerprint density at radius 3 is 2.74 bits per heavy atom. The Kier molecular flexibility index (Phi) is 4.50. The van der Waals surface area contributed by atoms with Gasteiger partial charge in [0.05, 0.1) is 11.9 Å². The van der Waals surface area contributed by atoms with E-state index in [4.69, 9.17) is 9.47 Å². The zero-order chi connectivity index (χ0) is 18.1. The van der Waals surface area contributed by atoms with Gasteiger partial charge in [0, 0.05) is 26.2 Å². The van der Waals surface area contributed by atoms with Crippen LogP contribution in [0.1, 0.15) is 23.5 Å². The molecule has 0 radical (unpaired) electrons. The Morgan fingerprint density at radius 2 is 1.85 bits per heavy atom. The molecule has 0 N–H and O–H groups in total. The number of ether oxygens (including phenoxy) is 2. The van der Waals surface area contributed by atoms with E-state index in [-0.39, 0.29) is 0 Å². The molecule has 0 unspecified atom stereocenters. The van der Waals surface area contributed by atoms with Crippen molar-refractivity contribution in [1.82, 2.24) is 4.90 Å². The molecule has 0 bridgehead atoms. The van der Waals surface area contributed by atoms with E-state index in [0.29, 0.717) is 6.61 Å². The van der Waals surface area contributed by atoms with Crippen LogP contribution in [0.15, 0.2) is 54.8 Å². The molecule has 4 heteroatoms. The van der Waals surface area contributed by atoms with Crippen molar-refractivity contribution in [2.75, 3.05) is 44.2 Å². The van der Waals surface area contributed by atoms with E-state index < -0.39 is 0 Å². The summed E-state index contributed by atoms with van der Waals surface area (Å²) in [5.74, 6) is 2.46. The number of benzene rings is 2. The molecule has 1 atom stereocenters. The molecule has 2 aromatic carbocycles. The third kappa shape index (κ3) is 3.30. The number of piperazine rings is 1. The molecule has 4 nitrogen and oxygen atoms in total. The van der Waals surface area contributed by atoms with Crippen LogP contribution in [0.2, 0.25) is 0 Å². The van der Waals surface area contributed by atoms with E-state index in [1.54, 1.807) is 17.4 Å². The zero-order valence-electron chi connectivity index (χ0n) is 15.6. The van der Waals surface area contributed by atoms with Crippen molar-refractivity contribution in [1.29, 1.82) is 0 Å². The highest BCUT2D eigenvalue weighted by atomic mass is 16.5. The summed E-state index contributed by atoms with van der Waals surface area (Å²) in [4.78, 5) is 5.04. The normalized spacial score (nSPS) is 21.3. The Labute approximate surface area is 161 Å². The minimum atomic E-state index is 0.562. The zero-order valence-corrected chi connectivity index (χ0v) is 15.6. The van der Waals surface area contributed by atoms with Crippen LogP contribution in [0, 0.1) is 0 Å². The van der Waals surface area contributed by atoms with Gasteiger partial charge in [-0.3, -0.25) is 4.90 Å². The van der Waals surface area contributed by atoms with E-state index in [2.05, 4.69) is 46.2 Å². The molecule has 0 aromatic heterocycles. The topological polar surface area (TPSA) is 24.9 Å². The average molecular weight is 362 g/mol. The van der Waals surface area contributed by atoms with Gasteiger partial charge in [0.25, 0.3) is 0 Å². The predicted molar refractivity (Wildman–Crippen MR) is 108 cm³/mol. The fourth-order valence-electron chi connectivity index (χ4n) is 4.45. The average Bonchev–Trinajstić information content (AvgIpc) is 2.95. The van der Waals surface area contributed by atoms with Gasteiger partial charge in [-0.1, -0.05) is 30.3 Å². The molecule has 2 heterocycles. The number of hydrogen-bond acceptors (Lipinski definition) is 4. The van der Waals surface area contributed by atoms with Crippen LogP contribution in [0.3, 0.4) is 0 Å². The highest BCUT2D eigenvalue weighted by Crippen LogP contribution is 2.40. The standard InChI is InChI=1S/C23H26N2O2/c1-2-6-20-18(5-1)17-19(20)9-10-24-11-13-25(14-12-24)21-7-3-8-22-23(21)27-16-4-15-26-22/h1-8,15,19H,9-14,16-17H2/t19-/m0/s1. The Balaban J connectivity index is 1.17. The Bertz CT molecular complexity index is 840.